The SMILES string of the molecule is CC(C)c1cccc(NC(=O)NC(C)(C(=O)O)C2CC2)c1. The van der Waals surface area contributed by atoms with Crippen LogP contribution in [0, 0.1) is 5.92 Å². The maximum Gasteiger partial charge on any atom is 0.329 e. The second kappa shape index (κ2) is 5.76. The summed E-state index contributed by atoms with van der Waals surface area (Å²) in [4.78, 5) is 23.5. The summed E-state index contributed by atoms with van der Waals surface area (Å²) in [7, 11) is 0. The Bertz CT molecular complexity index is 552. The van der Waals surface area contributed by atoms with E-state index in [1.807, 2.05) is 18.2 Å². The molecule has 0 bridgehead atoms. The molecule has 0 saturated heterocycles. The third-order valence-electron chi connectivity index (χ3n) is 4.02. The summed E-state index contributed by atoms with van der Waals surface area (Å²) in [6.07, 6.45) is 1.68. The third-order valence-corrected chi connectivity index (χ3v) is 4.02. The van der Waals surface area contributed by atoms with E-state index in [9.17, 15) is 14.7 Å². The molecule has 3 N–H and O–H groups in total. The lowest BCUT2D eigenvalue weighted by Gasteiger charge is -2.26. The number of aliphatic carboxylic acids is 1. The Balaban J connectivity index is 2.04. The molecule has 21 heavy (non-hydrogen) atoms. The molecule has 2 rings (SSSR count). The van der Waals surface area contributed by atoms with E-state index in [4.69, 9.17) is 0 Å². The zero-order valence-corrected chi connectivity index (χ0v) is 12.6. The molecule has 1 aromatic carbocycles. The second-order valence-electron chi connectivity index (χ2n) is 6.14. The Morgan fingerprint density at radius 1 is 1.33 bits per heavy atom. The first kappa shape index (κ1) is 15.4. The van der Waals surface area contributed by atoms with Crippen LogP contribution in [0.25, 0.3) is 0 Å². The van der Waals surface area contributed by atoms with E-state index in [-0.39, 0.29) is 5.92 Å². The Kier molecular flexibility index (Phi) is 4.21. The van der Waals surface area contributed by atoms with E-state index in [1.165, 1.54) is 0 Å². The lowest BCUT2D eigenvalue weighted by molar-refractivity contribution is -0.144. The number of hydrogen-bond donors (Lipinski definition) is 3. The van der Waals surface area contributed by atoms with Crippen LogP contribution in [0.15, 0.2) is 24.3 Å². The van der Waals surface area contributed by atoms with Gasteiger partial charge in [0.2, 0.25) is 0 Å². The van der Waals surface area contributed by atoms with Crippen LogP contribution in [0.2, 0.25) is 0 Å². The molecule has 5 heteroatoms. The number of carbonyl (C=O) groups excluding carboxylic acids is 1. The van der Waals surface area contributed by atoms with Gasteiger partial charge in [-0.1, -0.05) is 26.0 Å². The molecule has 1 aliphatic carbocycles. The highest BCUT2D eigenvalue weighted by molar-refractivity contribution is 5.94. The number of hydrogen-bond acceptors (Lipinski definition) is 2. The number of benzene rings is 1. The van der Waals surface area contributed by atoms with Gasteiger partial charge in [-0.25, -0.2) is 9.59 Å². The normalized spacial score (nSPS) is 17.1. The minimum absolute atomic E-state index is 0.0164. The van der Waals surface area contributed by atoms with Crippen LogP contribution in [0.1, 0.15) is 45.1 Å². The molecule has 0 aliphatic heterocycles. The van der Waals surface area contributed by atoms with Crippen molar-refractivity contribution in [2.45, 2.75) is 45.1 Å². The van der Waals surface area contributed by atoms with Gasteiger partial charge in [-0.3, -0.25) is 0 Å². The lowest BCUT2D eigenvalue weighted by Crippen LogP contribution is -2.55. The quantitative estimate of drug-likeness (QED) is 0.779. The number of carbonyl (C=O) groups is 2. The molecule has 0 radical (unpaired) electrons. The maximum absolute atomic E-state index is 12.1. The first-order valence-electron chi connectivity index (χ1n) is 7.25. The lowest BCUT2D eigenvalue weighted by atomic mass is 9.96. The fourth-order valence-electron chi connectivity index (χ4n) is 2.36. The molecule has 1 unspecified atom stereocenters. The summed E-state index contributed by atoms with van der Waals surface area (Å²) in [6.45, 7) is 5.72. The van der Waals surface area contributed by atoms with Gasteiger partial charge in [-0.05, 0) is 49.3 Å². The van der Waals surface area contributed by atoms with Gasteiger partial charge in [0.25, 0.3) is 0 Å². The minimum Gasteiger partial charge on any atom is -0.480 e. The second-order valence-corrected chi connectivity index (χ2v) is 6.14. The van der Waals surface area contributed by atoms with E-state index in [2.05, 4.69) is 24.5 Å². The van der Waals surface area contributed by atoms with Crippen LogP contribution in [0.5, 0.6) is 0 Å². The predicted molar refractivity (Wildman–Crippen MR) is 81.5 cm³/mol. The summed E-state index contributed by atoms with van der Waals surface area (Å²) < 4.78 is 0. The molecule has 1 atom stereocenters. The van der Waals surface area contributed by atoms with E-state index in [0.717, 1.165) is 18.4 Å². The zero-order chi connectivity index (χ0) is 15.6. The highest BCUT2D eigenvalue weighted by Gasteiger charge is 2.48. The molecular formula is C16H22N2O3. The number of nitrogens with one attached hydrogen (secondary N) is 2. The molecule has 0 aromatic heterocycles. The predicted octanol–water partition coefficient (Wildman–Crippen LogP) is 3.18. The molecule has 0 heterocycles. The Hall–Kier alpha value is -2.04. The average molecular weight is 290 g/mol. The van der Waals surface area contributed by atoms with Gasteiger partial charge in [0.05, 0.1) is 0 Å². The minimum atomic E-state index is -1.19. The summed E-state index contributed by atoms with van der Waals surface area (Å²) in [5.74, 6) is -0.607. The first-order valence-corrected chi connectivity index (χ1v) is 7.25. The van der Waals surface area contributed by atoms with Gasteiger partial charge in [0.15, 0.2) is 0 Å². The monoisotopic (exact) mass is 290 g/mol. The van der Waals surface area contributed by atoms with E-state index < -0.39 is 17.5 Å². The standard InChI is InChI=1S/C16H22N2O3/c1-10(2)11-5-4-6-13(9-11)17-15(21)18-16(3,14(19)20)12-7-8-12/h4-6,9-10,12H,7-8H2,1-3H3,(H,19,20)(H2,17,18,21). The highest BCUT2D eigenvalue weighted by Crippen LogP contribution is 2.39. The number of carboxylic acids is 1. The van der Waals surface area contributed by atoms with Crippen LogP contribution in [0.3, 0.4) is 0 Å². The van der Waals surface area contributed by atoms with Gasteiger partial charge in [-0.2, -0.15) is 0 Å². The molecule has 114 valence electrons. The van der Waals surface area contributed by atoms with Crippen molar-refractivity contribution >= 4 is 17.7 Å². The summed E-state index contributed by atoms with van der Waals surface area (Å²) >= 11 is 0. The van der Waals surface area contributed by atoms with Gasteiger partial charge in [0.1, 0.15) is 5.54 Å². The van der Waals surface area contributed by atoms with E-state index in [0.29, 0.717) is 11.6 Å². The van der Waals surface area contributed by atoms with Crippen molar-refractivity contribution in [1.29, 1.82) is 0 Å². The highest BCUT2D eigenvalue weighted by atomic mass is 16.4. The Morgan fingerprint density at radius 3 is 2.52 bits per heavy atom. The average Bonchev–Trinajstić information content (AvgIpc) is 3.22. The topological polar surface area (TPSA) is 78.4 Å². The van der Waals surface area contributed by atoms with E-state index >= 15 is 0 Å². The Labute approximate surface area is 124 Å². The molecule has 2 amide bonds. The van der Waals surface area contributed by atoms with Gasteiger partial charge >= 0.3 is 12.0 Å². The van der Waals surface area contributed by atoms with Crippen molar-refractivity contribution < 1.29 is 14.7 Å². The van der Waals surface area contributed by atoms with E-state index in [1.54, 1.807) is 13.0 Å². The van der Waals surface area contributed by atoms with Crippen LogP contribution >= 0.6 is 0 Å². The number of carboxylic acid groups (broad SMARTS) is 1. The van der Waals surface area contributed by atoms with Crippen LogP contribution in [-0.2, 0) is 4.79 Å². The molecule has 1 aromatic rings. The van der Waals surface area contributed by atoms with Gasteiger partial charge in [0, 0.05) is 5.69 Å². The van der Waals surface area contributed by atoms with Crippen molar-refractivity contribution in [1.82, 2.24) is 5.32 Å². The number of rotatable bonds is 5. The van der Waals surface area contributed by atoms with Crippen molar-refractivity contribution in [2.24, 2.45) is 5.92 Å². The molecule has 1 fully saturated rings. The third kappa shape index (κ3) is 3.54. The number of urea groups is 1. The van der Waals surface area contributed by atoms with Crippen LogP contribution in [0.4, 0.5) is 10.5 Å². The fraction of sp³-hybridized carbons (Fsp3) is 0.500. The summed E-state index contributed by atoms with van der Waals surface area (Å²) in [6, 6.07) is 7.09. The summed E-state index contributed by atoms with van der Waals surface area (Å²) in [5, 5.41) is 14.7. The first-order chi connectivity index (χ1) is 9.83. The molecule has 1 saturated carbocycles. The largest absolute Gasteiger partial charge is 0.480 e. The fourth-order valence-corrected chi connectivity index (χ4v) is 2.36. The number of anilines is 1. The maximum atomic E-state index is 12.1. The van der Waals surface area contributed by atoms with Crippen molar-refractivity contribution in [2.75, 3.05) is 5.32 Å². The molecule has 1 aliphatic rings. The molecular weight excluding hydrogens is 268 g/mol. The van der Waals surface area contributed by atoms with Gasteiger partial charge in [-0.15, -0.1) is 0 Å². The van der Waals surface area contributed by atoms with Crippen molar-refractivity contribution in [3.05, 3.63) is 29.8 Å². The summed E-state index contributed by atoms with van der Waals surface area (Å²) in [5.41, 5.74) is 0.595. The van der Waals surface area contributed by atoms with Crippen LogP contribution < -0.4 is 10.6 Å². The van der Waals surface area contributed by atoms with Gasteiger partial charge < -0.3 is 15.7 Å². The molecule has 0 spiro atoms. The molecule has 5 nitrogen and oxygen atoms in total. The number of amides is 2. The smallest absolute Gasteiger partial charge is 0.329 e. The van der Waals surface area contributed by atoms with Crippen molar-refractivity contribution in [3.63, 3.8) is 0 Å². The zero-order valence-electron chi connectivity index (χ0n) is 12.6. The van der Waals surface area contributed by atoms with Crippen molar-refractivity contribution in [3.8, 4) is 0 Å². The van der Waals surface area contributed by atoms with Crippen LogP contribution in [-0.4, -0.2) is 22.6 Å². The Morgan fingerprint density at radius 2 is 2.00 bits per heavy atom.